The van der Waals surface area contributed by atoms with Crippen molar-refractivity contribution in [2.24, 2.45) is 0 Å². The molecule has 1 saturated heterocycles. The Hall–Kier alpha value is -2.48. The Labute approximate surface area is 202 Å². The molecule has 0 spiro atoms. The van der Waals surface area contributed by atoms with Crippen molar-refractivity contribution in [1.82, 2.24) is 14.3 Å². The van der Waals surface area contributed by atoms with E-state index in [1.165, 1.54) is 36.4 Å². The molecule has 0 aliphatic carbocycles. The van der Waals surface area contributed by atoms with Gasteiger partial charge in [0.2, 0.25) is 4.77 Å². The number of ether oxygens (including phenoxy) is 1. The summed E-state index contributed by atoms with van der Waals surface area (Å²) in [6, 6.07) is 17.2. The van der Waals surface area contributed by atoms with E-state index in [-0.39, 0.29) is 0 Å². The second-order valence-corrected chi connectivity index (χ2v) is 9.98. The first kappa shape index (κ1) is 23.7. The lowest BCUT2D eigenvalue weighted by atomic mass is 10.0. The predicted octanol–water partition coefficient (Wildman–Crippen LogP) is 2.35. The quantitative estimate of drug-likeness (QED) is 0.524. The largest absolute Gasteiger partial charge is 0.497 e. The molecule has 1 aliphatic heterocycles. The van der Waals surface area contributed by atoms with Crippen LogP contribution in [0.3, 0.4) is 0 Å². The molecule has 0 saturated carbocycles. The van der Waals surface area contributed by atoms with E-state index in [0.29, 0.717) is 12.0 Å². The third kappa shape index (κ3) is 5.05. The molecule has 2 heterocycles. The van der Waals surface area contributed by atoms with Gasteiger partial charge in [-0.1, -0.05) is 32.0 Å². The highest BCUT2D eigenvalue weighted by Crippen LogP contribution is 2.29. The van der Waals surface area contributed by atoms with Crippen LogP contribution >= 0.6 is 12.2 Å². The topological polar surface area (TPSA) is 40.9 Å². The number of benzene rings is 2. The summed E-state index contributed by atoms with van der Waals surface area (Å²) in [4.78, 5) is 3.11. The molecule has 1 aromatic heterocycles. The molecule has 1 fully saturated rings. The normalized spacial score (nSPS) is 19.6. The van der Waals surface area contributed by atoms with E-state index in [0.717, 1.165) is 34.3 Å². The minimum atomic E-state index is 0.380. The Morgan fingerprint density at radius 2 is 1.79 bits per heavy atom. The molecule has 0 amide bonds. The number of rotatable bonds is 7. The van der Waals surface area contributed by atoms with Crippen molar-refractivity contribution in [2.45, 2.75) is 45.3 Å². The molecular weight excluding hydrogens is 430 g/mol. The predicted molar refractivity (Wildman–Crippen MR) is 135 cm³/mol. The molecule has 33 heavy (non-hydrogen) atoms. The van der Waals surface area contributed by atoms with Gasteiger partial charge in [-0.05, 0) is 54.0 Å². The van der Waals surface area contributed by atoms with E-state index in [9.17, 15) is 0 Å². The van der Waals surface area contributed by atoms with Gasteiger partial charge in [-0.2, -0.15) is 4.68 Å². The molecule has 176 valence electrons. The lowest BCUT2D eigenvalue weighted by molar-refractivity contribution is -0.954. The minimum absolute atomic E-state index is 0.380. The number of nitrogens with one attached hydrogen (secondary N) is 2. The van der Waals surface area contributed by atoms with Gasteiger partial charge >= 0.3 is 0 Å². The molecule has 1 atom stereocenters. The van der Waals surface area contributed by atoms with E-state index < -0.39 is 0 Å². The first-order chi connectivity index (χ1) is 15.9. The van der Waals surface area contributed by atoms with Crippen molar-refractivity contribution >= 4 is 12.2 Å². The highest BCUT2D eigenvalue weighted by atomic mass is 32.1. The third-order valence-corrected chi connectivity index (χ3v) is 7.32. The molecule has 3 aromatic rings. The van der Waals surface area contributed by atoms with E-state index in [2.05, 4.69) is 68.9 Å². The Balaban J connectivity index is 1.77. The summed E-state index contributed by atoms with van der Waals surface area (Å²) in [5.41, 5.74) is 3.40. The molecule has 7 heteroatoms. The van der Waals surface area contributed by atoms with Crippen molar-refractivity contribution in [1.29, 1.82) is 0 Å². The number of nitrogens with zero attached hydrogens (tertiary/aromatic N) is 3. The zero-order valence-corrected chi connectivity index (χ0v) is 21.3. The summed E-state index contributed by atoms with van der Waals surface area (Å²) < 4.78 is 10.3. The maximum absolute atomic E-state index is 6.05. The molecule has 0 bridgehead atoms. The molecule has 2 N–H and O–H groups in total. The van der Waals surface area contributed by atoms with Crippen molar-refractivity contribution in [3.8, 4) is 22.8 Å². The third-order valence-electron chi connectivity index (χ3n) is 6.92. The fourth-order valence-electron chi connectivity index (χ4n) is 4.80. The van der Waals surface area contributed by atoms with Crippen LogP contribution in [-0.2, 0) is 6.67 Å². The summed E-state index contributed by atoms with van der Waals surface area (Å²) in [6.45, 7) is 7.68. The number of hydrogen-bond acceptors (Lipinski definition) is 3. The molecule has 1 unspecified atom stereocenters. The summed E-state index contributed by atoms with van der Waals surface area (Å²) in [6.07, 6.45) is 2.49. The first-order valence-electron chi connectivity index (χ1n) is 12.0. The van der Waals surface area contributed by atoms with Gasteiger partial charge in [-0.3, -0.25) is 4.57 Å². The monoisotopic (exact) mass is 467 g/mol. The maximum atomic E-state index is 6.05. The van der Waals surface area contributed by atoms with E-state index in [4.69, 9.17) is 22.1 Å². The van der Waals surface area contributed by atoms with Crippen LogP contribution in [0.2, 0.25) is 0 Å². The van der Waals surface area contributed by atoms with Gasteiger partial charge in [0.25, 0.3) is 0 Å². The lowest BCUT2D eigenvalue weighted by Crippen LogP contribution is -3.17. The van der Waals surface area contributed by atoms with Crippen LogP contribution in [0.5, 0.6) is 5.75 Å². The van der Waals surface area contributed by atoms with E-state index in [1.807, 2.05) is 16.8 Å². The summed E-state index contributed by atoms with van der Waals surface area (Å²) in [5.74, 6) is 2.08. The van der Waals surface area contributed by atoms with Crippen molar-refractivity contribution < 1.29 is 14.5 Å². The van der Waals surface area contributed by atoms with E-state index in [1.54, 1.807) is 12.0 Å². The number of aromatic nitrogens is 3. The van der Waals surface area contributed by atoms with E-state index >= 15 is 0 Å². The second kappa shape index (κ2) is 10.2. The van der Waals surface area contributed by atoms with Crippen LogP contribution in [0.15, 0.2) is 48.5 Å². The summed E-state index contributed by atoms with van der Waals surface area (Å²) in [5, 5.41) is 5.07. The Kier molecular flexibility index (Phi) is 7.32. The fraction of sp³-hybridized carbons (Fsp3) is 0.462. The fourth-order valence-corrected chi connectivity index (χ4v) is 5.09. The van der Waals surface area contributed by atoms with Gasteiger partial charge in [0, 0.05) is 18.4 Å². The smallest absolute Gasteiger partial charge is 0.207 e. The van der Waals surface area contributed by atoms with Crippen LogP contribution in [0.25, 0.3) is 17.1 Å². The molecule has 4 rings (SSSR count). The van der Waals surface area contributed by atoms with Gasteiger partial charge in [0.05, 0.1) is 46.0 Å². The number of hydrogen-bond donors (Lipinski definition) is 2. The molecule has 2 aromatic carbocycles. The van der Waals surface area contributed by atoms with Crippen LogP contribution in [-0.4, -0.2) is 54.7 Å². The zero-order chi connectivity index (χ0) is 23.5. The Morgan fingerprint density at radius 3 is 2.42 bits per heavy atom. The van der Waals surface area contributed by atoms with Crippen LogP contribution in [0.1, 0.15) is 38.2 Å². The highest BCUT2D eigenvalue weighted by Gasteiger charge is 2.27. The summed E-state index contributed by atoms with van der Waals surface area (Å²) in [7, 11) is 6.26. The molecule has 1 aliphatic rings. The highest BCUT2D eigenvalue weighted by molar-refractivity contribution is 7.71. The van der Waals surface area contributed by atoms with Crippen molar-refractivity contribution in [3.63, 3.8) is 0 Å². The minimum Gasteiger partial charge on any atom is -0.497 e. The van der Waals surface area contributed by atoms with Crippen LogP contribution in [0.4, 0.5) is 0 Å². The number of likely N-dealkylation sites (tertiary alicyclic amines) is 1. The second-order valence-electron chi connectivity index (χ2n) is 9.62. The first-order valence-corrected chi connectivity index (χ1v) is 12.4. The van der Waals surface area contributed by atoms with Gasteiger partial charge in [-0.15, -0.1) is 5.10 Å². The molecular formula is C26H37N5OS+2. The Bertz CT molecular complexity index is 1130. The molecule has 0 radical (unpaired) electrons. The number of quaternary nitrogens is 2. The van der Waals surface area contributed by atoms with Crippen molar-refractivity contribution in [3.05, 3.63) is 58.9 Å². The average Bonchev–Trinajstić information content (AvgIpc) is 3.15. The van der Waals surface area contributed by atoms with Gasteiger partial charge in [0.15, 0.2) is 12.5 Å². The summed E-state index contributed by atoms with van der Waals surface area (Å²) >= 11 is 6.05. The van der Waals surface area contributed by atoms with Gasteiger partial charge < -0.3 is 14.5 Å². The zero-order valence-electron chi connectivity index (χ0n) is 20.5. The maximum Gasteiger partial charge on any atom is 0.207 e. The Morgan fingerprint density at radius 1 is 1.12 bits per heavy atom. The average molecular weight is 468 g/mol. The lowest BCUT2D eigenvalue weighted by Gasteiger charge is -2.30. The molecule has 6 nitrogen and oxygen atoms in total. The number of para-hydroxylation sites is 1. The standard InChI is InChI=1S/C26H35N5OS/c1-19(2)23-8-6-7-9-24(23)31-25(20-10-12-22(32-5)13-11-20)27-30(26(31)33)18-29(4)21-14-16-28(3)17-15-21/h6-13,19,21H,14-18H2,1-5H3/p+2. The SMILES string of the molecule is COc1ccc(-c2nn(C[NH+](C)C3CC[NH+](C)CC3)c(=S)n2-c2ccccc2C(C)C)cc1. The van der Waals surface area contributed by atoms with Crippen LogP contribution in [0, 0.1) is 4.77 Å². The number of piperidine rings is 1. The van der Waals surface area contributed by atoms with Gasteiger partial charge in [-0.25, -0.2) is 0 Å². The van der Waals surface area contributed by atoms with Crippen molar-refractivity contribution in [2.75, 3.05) is 34.3 Å². The van der Waals surface area contributed by atoms with Crippen LogP contribution < -0.4 is 14.5 Å². The number of methoxy groups -OCH3 is 1. The van der Waals surface area contributed by atoms with Gasteiger partial charge in [0.1, 0.15) is 5.75 Å².